The van der Waals surface area contributed by atoms with Crippen LogP contribution in [-0.2, 0) is 4.74 Å². The number of ether oxygens (including phenoxy) is 2. The van der Waals surface area contributed by atoms with Crippen LogP contribution < -0.4 is 16.0 Å². The van der Waals surface area contributed by atoms with Crippen LogP contribution in [0.3, 0.4) is 0 Å². The Morgan fingerprint density at radius 2 is 2.00 bits per heavy atom. The number of para-hydroxylation sites is 1. The lowest BCUT2D eigenvalue weighted by Gasteiger charge is -2.33. The van der Waals surface area contributed by atoms with E-state index in [2.05, 4.69) is 5.43 Å². The van der Waals surface area contributed by atoms with Crippen LogP contribution in [0, 0.1) is 0 Å². The first kappa shape index (κ1) is 14.0. The summed E-state index contributed by atoms with van der Waals surface area (Å²) < 4.78 is 11.1. The highest BCUT2D eigenvalue weighted by Crippen LogP contribution is 2.33. The van der Waals surface area contributed by atoms with Crippen molar-refractivity contribution in [3.63, 3.8) is 0 Å². The lowest BCUT2D eigenvalue weighted by atomic mass is 9.91. The van der Waals surface area contributed by atoms with Crippen molar-refractivity contribution in [3.05, 3.63) is 29.8 Å². The number of methoxy groups -OCH3 is 1. The third-order valence-corrected chi connectivity index (χ3v) is 2.92. The van der Waals surface area contributed by atoms with Gasteiger partial charge in [0.15, 0.2) is 0 Å². The van der Waals surface area contributed by atoms with Crippen LogP contribution in [0.25, 0.3) is 0 Å². The average Bonchev–Trinajstić information content (AvgIpc) is 2.32. The fourth-order valence-electron chi connectivity index (χ4n) is 1.79. The molecule has 1 aromatic carbocycles. The summed E-state index contributed by atoms with van der Waals surface area (Å²) in [7, 11) is 1.67. The van der Waals surface area contributed by atoms with E-state index in [0.717, 1.165) is 11.3 Å². The Morgan fingerprint density at radius 3 is 2.53 bits per heavy atom. The SMILES string of the molecule is CCOc1ccccc1C(NN)C(C)(C)OC. The Balaban J connectivity index is 3.11. The number of hydrazine groups is 1. The van der Waals surface area contributed by atoms with Crippen molar-refractivity contribution < 1.29 is 9.47 Å². The fraction of sp³-hybridized carbons (Fsp3) is 0.538. The maximum Gasteiger partial charge on any atom is 0.124 e. The van der Waals surface area contributed by atoms with Gasteiger partial charge in [0.1, 0.15) is 5.75 Å². The Kier molecular flexibility index (Phi) is 4.93. The highest BCUT2D eigenvalue weighted by atomic mass is 16.5. The summed E-state index contributed by atoms with van der Waals surface area (Å²) in [6, 6.07) is 7.72. The Labute approximate surface area is 103 Å². The van der Waals surface area contributed by atoms with Gasteiger partial charge in [-0.3, -0.25) is 5.84 Å². The summed E-state index contributed by atoms with van der Waals surface area (Å²) in [4.78, 5) is 0. The molecule has 0 aliphatic heterocycles. The maximum atomic E-state index is 5.65. The van der Waals surface area contributed by atoms with E-state index in [1.54, 1.807) is 7.11 Å². The first-order chi connectivity index (χ1) is 8.06. The fourth-order valence-corrected chi connectivity index (χ4v) is 1.79. The van der Waals surface area contributed by atoms with Crippen LogP contribution in [0.15, 0.2) is 24.3 Å². The van der Waals surface area contributed by atoms with Crippen molar-refractivity contribution in [2.75, 3.05) is 13.7 Å². The zero-order chi connectivity index (χ0) is 12.9. The molecule has 0 aliphatic rings. The average molecular weight is 238 g/mol. The molecule has 3 N–H and O–H groups in total. The largest absolute Gasteiger partial charge is 0.494 e. The minimum atomic E-state index is -0.415. The Hall–Kier alpha value is -1.10. The molecule has 0 fully saturated rings. The summed E-state index contributed by atoms with van der Waals surface area (Å²) in [5, 5.41) is 0. The van der Waals surface area contributed by atoms with E-state index in [1.165, 1.54) is 0 Å². The molecule has 96 valence electrons. The predicted octanol–water partition coefficient (Wildman–Crippen LogP) is 2.01. The van der Waals surface area contributed by atoms with E-state index in [0.29, 0.717) is 6.61 Å². The Morgan fingerprint density at radius 1 is 1.35 bits per heavy atom. The summed E-state index contributed by atoms with van der Waals surface area (Å²) in [5.74, 6) is 6.48. The second-order valence-corrected chi connectivity index (χ2v) is 4.38. The molecular formula is C13H22N2O2. The van der Waals surface area contributed by atoms with Gasteiger partial charge >= 0.3 is 0 Å². The highest BCUT2D eigenvalue weighted by Gasteiger charge is 2.31. The molecular weight excluding hydrogens is 216 g/mol. The zero-order valence-electron chi connectivity index (χ0n) is 11.0. The van der Waals surface area contributed by atoms with E-state index in [4.69, 9.17) is 15.3 Å². The molecule has 0 spiro atoms. The summed E-state index contributed by atoms with van der Waals surface area (Å²) in [6.45, 7) is 6.56. The van der Waals surface area contributed by atoms with Crippen molar-refractivity contribution in [2.45, 2.75) is 32.4 Å². The molecule has 0 amide bonds. The van der Waals surface area contributed by atoms with Crippen molar-refractivity contribution >= 4 is 0 Å². The molecule has 4 nitrogen and oxygen atoms in total. The number of nitrogens with one attached hydrogen (secondary N) is 1. The molecule has 1 rings (SSSR count). The van der Waals surface area contributed by atoms with Crippen molar-refractivity contribution in [1.29, 1.82) is 0 Å². The minimum absolute atomic E-state index is 0.129. The molecule has 1 unspecified atom stereocenters. The van der Waals surface area contributed by atoms with Crippen LogP contribution in [0.4, 0.5) is 0 Å². The van der Waals surface area contributed by atoms with Gasteiger partial charge in [0, 0.05) is 12.7 Å². The van der Waals surface area contributed by atoms with Crippen LogP contribution in [0.2, 0.25) is 0 Å². The number of benzene rings is 1. The zero-order valence-corrected chi connectivity index (χ0v) is 11.0. The predicted molar refractivity (Wildman–Crippen MR) is 68.8 cm³/mol. The number of hydrogen-bond acceptors (Lipinski definition) is 4. The molecule has 0 radical (unpaired) electrons. The second kappa shape index (κ2) is 6.00. The number of nitrogens with two attached hydrogens (primary N) is 1. The van der Waals surface area contributed by atoms with Crippen molar-refractivity contribution in [1.82, 2.24) is 5.43 Å². The molecule has 0 aromatic heterocycles. The first-order valence-corrected chi connectivity index (χ1v) is 5.79. The van der Waals surface area contributed by atoms with Crippen LogP contribution in [0.5, 0.6) is 5.75 Å². The van der Waals surface area contributed by atoms with Crippen LogP contribution >= 0.6 is 0 Å². The smallest absolute Gasteiger partial charge is 0.124 e. The molecule has 0 heterocycles. The maximum absolute atomic E-state index is 5.65. The number of rotatable bonds is 6. The summed E-state index contributed by atoms with van der Waals surface area (Å²) in [5.41, 5.74) is 3.39. The van der Waals surface area contributed by atoms with E-state index < -0.39 is 5.60 Å². The van der Waals surface area contributed by atoms with E-state index in [-0.39, 0.29) is 6.04 Å². The van der Waals surface area contributed by atoms with Gasteiger partial charge in [-0.05, 0) is 26.8 Å². The van der Waals surface area contributed by atoms with Gasteiger partial charge in [-0.1, -0.05) is 18.2 Å². The monoisotopic (exact) mass is 238 g/mol. The number of hydrogen-bond donors (Lipinski definition) is 2. The van der Waals surface area contributed by atoms with E-state index in [1.807, 2.05) is 45.0 Å². The standard InChI is InChI=1S/C13H22N2O2/c1-5-17-11-9-7-6-8-10(11)12(15-14)13(2,3)16-4/h6-9,12,15H,5,14H2,1-4H3. The Bertz CT molecular complexity index is 353. The van der Waals surface area contributed by atoms with Gasteiger partial charge in [-0.25, -0.2) is 5.43 Å². The normalized spacial score (nSPS) is 13.5. The van der Waals surface area contributed by atoms with Gasteiger partial charge in [0.2, 0.25) is 0 Å². The molecule has 4 heteroatoms. The second-order valence-electron chi connectivity index (χ2n) is 4.38. The molecule has 0 bridgehead atoms. The van der Waals surface area contributed by atoms with Gasteiger partial charge in [0.05, 0.1) is 18.2 Å². The third kappa shape index (κ3) is 3.19. The van der Waals surface area contributed by atoms with Gasteiger partial charge < -0.3 is 9.47 Å². The van der Waals surface area contributed by atoms with E-state index >= 15 is 0 Å². The molecule has 0 aliphatic carbocycles. The van der Waals surface area contributed by atoms with E-state index in [9.17, 15) is 0 Å². The quantitative estimate of drug-likeness (QED) is 0.588. The molecule has 1 aromatic rings. The van der Waals surface area contributed by atoms with Crippen molar-refractivity contribution in [3.8, 4) is 5.75 Å². The van der Waals surface area contributed by atoms with Gasteiger partial charge in [0.25, 0.3) is 0 Å². The van der Waals surface area contributed by atoms with Crippen LogP contribution in [-0.4, -0.2) is 19.3 Å². The minimum Gasteiger partial charge on any atom is -0.494 e. The molecule has 1 atom stereocenters. The summed E-state index contributed by atoms with van der Waals surface area (Å²) >= 11 is 0. The lowest BCUT2D eigenvalue weighted by molar-refractivity contribution is -0.0118. The summed E-state index contributed by atoms with van der Waals surface area (Å²) in [6.07, 6.45) is 0. The molecule has 0 saturated heterocycles. The van der Waals surface area contributed by atoms with Gasteiger partial charge in [-0.2, -0.15) is 0 Å². The topological polar surface area (TPSA) is 56.5 Å². The van der Waals surface area contributed by atoms with Crippen molar-refractivity contribution in [2.24, 2.45) is 5.84 Å². The lowest BCUT2D eigenvalue weighted by Crippen LogP contribution is -2.44. The highest BCUT2D eigenvalue weighted by molar-refractivity contribution is 5.37. The molecule has 0 saturated carbocycles. The third-order valence-electron chi connectivity index (χ3n) is 2.92. The van der Waals surface area contributed by atoms with Gasteiger partial charge in [-0.15, -0.1) is 0 Å². The molecule has 17 heavy (non-hydrogen) atoms. The first-order valence-electron chi connectivity index (χ1n) is 5.79. The van der Waals surface area contributed by atoms with Crippen LogP contribution in [0.1, 0.15) is 32.4 Å².